The summed E-state index contributed by atoms with van der Waals surface area (Å²) in [6, 6.07) is 0. The smallest absolute Gasteiger partial charge is 0.233 e. The van der Waals surface area contributed by atoms with E-state index in [0.29, 0.717) is 18.8 Å². The zero-order chi connectivity index (χ0) is 10.1. The summed E-state index contributed by atoms with van der Waals surface area (Å²) < 4.78 is 10.6. The van der Waals surface area contributed by atoms with Crippen molar-refractivity contribution in [2.24, 2.45) is 0 Å². The minimum Gasteiger partial charge on any atom is -0.355 e. The first-order valence-corrected chi connectivity index (χ1v) is 6.17. The standard InChI is InChI=1S/C8H18N2O2S/c1-3-4-10-8(11)7-9-5-6-13(2)12/h9H,3-7H2,1-2H3,(H,10,11). The van der Waals surface area contributed by atoms with Crippen LogP contribution in [0.15, 0.2) is 0 Å². The van der Waals surface area contributed by atoms with Gasteiger partial charge in [0.1, 0.15) is 0 Å². The van der Waals surface area contributed by atoms with Gasteiger partial charge in [-0.3, -0.25) is 9.00 Å². The van der Waals surface area contributed by atoms with Crippen molar-refractivity contribution in [3.63, 3.8) is 0 Å². The van der Waals surface area contributed by atoms with Gasteiger partial charge in [0, 0.05) is 35.9 Å². The predicted molar refractivity (Wildman–Crippen MR) is 55.1 cm³/mol. The third-order valence-electron chi connectivity index (χ3n) is 1.42. The number of rotatable bonds is 7. The fourth-order valence-corrected chi connectivity index (χ4v) is 1.18. The molecule has 0 aromatic rings. The van der Waals surface area contributed by atoms with Crippen molar-refractivity contribution in [3.8, 4) is 0 Å². The molecule has 13 heavy (non-hydrogen) atoms. The number of hydrogen-bond donors (Lipinski definition) is 2. The molecule has 78 valence electrons. The van der Waals surface area contributed by atoms with E-state index in [1.165, 1.54) is 0 Å². The quantitative estimate of drug-likeness (QED) is 0.551. The number of hydrogen-bond acceptors (Lipinski definition) is 3. The Balaban J connectivity index is 3.22. The molecule has 0 heterocycles. The zero-order valence-electron chi connectivity index (χ0n) is 8.26. The predicted octanol–water partition coefficient (Wildman–Crippen LogP) is -0.519. The Morgan fingerprint density at radius 2 is 2.08 bits per heavy atom. The largest absolute Gasteiger partial charge is 0.355 e. The molecule has 0 aliphatic heterocycles. The molecule has 0 saturated carbocycles. The van der Waals surface area contributed by atoms with Crippen LogP contribution in [0.5, 0.6) is 0 Å². The Labute approximate surface area is 81.9 Å². The Hall–Kier alpha value is -0.420. The van der Waals surface area contributed by atoms with Crippen LogP contribution in [0.1, 0.15) is 13.3 Å². The topological polar surface area (TPSA) is 58.2 Å². The monoisotopic (exact) mass is 206 g/mol. The molecule has 0 bridgehead atoms. The van der Waals surface area contributed by atoms with E-state index in [-0.39, 0.29) is 5.91 Å². The van der Waals surface area contributed by atoms with Crippen molar-refractivity contribution in [1.29, 1.82) is 0 Å². The van der Waals surface area contributed by atoms with Crippen molar-refractivity contribution in [1.82, 2.24) is 10.6 Å². The van der Waals surface area contributed by atoms with Gasteiger partial charge in [-0.05, 0) is 6.42 Å². The summed E-state index contributed by atoms with van der Waals surface area (Å²) in [6.45, 7) is 3.67. The zero-order valence-corrected chi connectivity index (χ0v) is 9.08. The summed E-state index contributed by atoms with van der Waals surface area (Å²) in [5, 5.41) is 5.66. The second kappa shape index (κ2) is 8.19. The minimum absolute atomic E-state index is 0.00346. The molecule has 0 fully saturated rings. The molecule has 2 N–H and O–H groups in total. The average molecular weight is 206 g/mol. The van der Waals surface area contributed by atoms with E-state index >= 15 is 0 Å². The molecular weight excluding hydrogens is 188 g/mol. The van der Waals surface area contributed by atoms with Gasteiger partial charge in [0.15, 0.2) is 0 Å². The number of amides is 1. The van der Waals surface area contributed by atoms with Crippen LogP contribution >= 0.6 is 0 Å². The molecule has 0 aromatic carbocycles. The Kier molecular flexibility index (Phi) is 7.93. The van der Waals surface area contributed by atoms with Crippen molar-refractivity contribution in [2.45, 2.75) is 13.3 Å². The van der Waals surface area contributed by atoms with E-state index in [4.69, 9.17) is 0 Å². The third kappa shape index (κ3) is 9.49. The highest BCUT2D eigenvalue weighted by Crippen LogP contribution is 1.73. The van der Waals surface area contributed by atoms with Crippen LogP contribution in [0, 0.1) is 0 Å². The lowest BCUT2D eigenvalue weighted by atomic mass is 10.4. The van der Waals surface area contributed by atoms with E-state index in [2.05, 4.69) is 10.6 Å². The van der Waals surface area contributed by atoms with E-state index in [0.717, 1.165) is 13.0 Å². The maximum Gasteiger partial charge on any atom is 0.233 e. The van der Waals surface area contributed by atoms with Gasteiger partial charge in [0.25, 0.3) is 0 Å². The molecule has 0 saturated heterocycles. The van der Waals surface area contributed by atoms with Crippen LogP contribution in [0.4, 0.5) is 0 Å². The fraction of sp³-hybridized carbons (Fsp3) is 0.875. The van der Waals surface area contributed by atoms with Crippen molar-refractivity contribution in [2.75, 3.05) is 31.6 Å². The van der Waals surface area contributed by atoms with Crippen LogP contribution in [-0.4, -0.2) is 41.8 Å². The summed E-state index contributed by atoms with van der Waals surface area (Å²) in [5.74, 6) is 0.602. The molecule has 0 rings (SSSR count). The summed E-state index contributed by atoms with van der Waals surface area (Å²) in [4.78, 5) is 11.0. The molecule has 4 nitrogen and oxygen atoms in total. The van der Waals surface area contributed by atoms with Crippen molar-refractivity contribution in [3.05, 3.63) is 0 Å². The van der Waals surface area contributed by atoms with E-state index in [1.54, 1.807) is 6.26 Å². The van der Waals surface area contributed by atoms with Crippen LogP contribution < -0.4 is 10.6 Å². The maximum atomic E-state index is 11.0. The summed E-state index contributed by atoms with van der Waals surface area (Å²) in [7, 11) is -0.780. The first-order valence-electron chi connectivity index (χ1n) is 4.44. The summed E-state index contributed by atoms with van der Waals surface area (Å²) >= 11 is 0. The SMILES string of the molecule is CCCNC(=O)CNCCS(C)=O. The molecule has 0 aliphatic carbocycles. The first kappa shape index (κ1) is 12.6. The molecule has 1 amide bonds. The van der Waals surface area contributed by atoms with Gasteiger partial charge in [-0.15, -0.1) is 0 Å². The number of carbonyl (C=O) groups excluding carboxylic acids is 1. The molecule has 0 aliphatic rings. The van der Waals surface area contributed by atoms with Gasteiger partial charge >= 0.3 is 0 Å². The Morgan fingerprint density at radius 3 is 2.62 bits per heavy atom. The van der Waals surface area contributed by atoms with Gasteiger partial charge in [-0.25, -0.2) is 0 Å². The van der Waals surface area contributed by atoms with E-state index < -0.39 is 10.8 Å². The van der Waals surface area contributed by atoms with Gasteiger partial charge in [-0.1, -0.05) is 6.92 Å². The summed E-state index contributed by atoms with van der Waals surface area (Å²) in [6.07, 6.45) is 2.60. The number of carbonyl (C=O) groups is 1. The number of nitrogens with one attached hydrogen (secondary N) is 2. The van der Waals surface area contributed by atoms with Gasteiger partial charge in [0.2, 0.25) is 5.91 Å². The van der Waals surface area contributed by atoms with Gasteiger partial charge in [0.05, 0.1) is 6.54 Å². The van der Waals surface area contributed by atoms with Crippen LogP contribution in [-0.2, 0) is 15.6 Å². The highest BCUT2D eigenvalue weighted by Gasteiger charge is 1.98. The molecule has 5 heteroatoms. The second-order valence-electron chi connectivity index (χ2n) is 2.80. The Morgan fingerprint density at radius 1 is 1.38 bits per heavy atom. The third-order valence-corrected chi connectivity index (χ3v) is 2.20. The first-order chi connectivity index (χ1) is 6.16. The van der Waals surface area contributed by atoms with Gasteiger partial charge < -0.3 is 10.6 Å². The lowest BCUT2D eigenvalue weighted by Crippen LogP contribution is -2.35. The van der Waals surface area contributed by atoms with Crippen molar-refractivity contribution >= 4 is 16.7 Å². The summed E-state index contributed by atoms with van der Waals surface area (Å²) in [5.41, 5.74) is 0. The molecule has 0 spiro atoms. The molecule has 0 aromatic heterocycles. The van der Waals surface area contributed by atoms with Crippen molar-refractivity contribution < 1.29 is 9.00 Å². The van der Waals surface area contributed by atoms with Gasteiger partial charge in [-0.2, -0.15) is 0 Å². The molecular formula is C8H18N2O2S. The van der Waals surface area contributed by atoms with Crippen LogP contribution in [0.3, 0.4) is 0 Å². The van der Waals surface area contributed by atoms with E-state index in [9.17, 15) is 9.00 Å². The van der Waals surface area contributed by atoms with Crippen LogP contribution in [0.25, 0.3) is 0 Å². The minimum atomic E-state index is -0.780. The fourth-order valence-electron chi connectivity index (χ4n) is 0.745. The maximum absolute atomic E-state index is 11.0. The van der Waals surface area contributed by atoms with E-state index in [1.807, 2.05) is 6.92 Å². The molecule has 1 unspecified atom stereocenters. The lowest BCUT2D eigenvalue weighted by molar-refractivity contribution is -0.120. The highest BCUT2D eigenvalue weighted by molar-refractivity contribution is 7.84. The normalized spacial score (nSPS) is 12.5. The highest BCUT2D eigenvalue weighted by atomic mass is 32.2. The second-order valence-corrected chi connectivity index (χ2v) is 4.36. The lowest BCUT2D eigenvalue weighted by Gasteiger charge is -2.04. The Bertz CT molecular complexity index is 174. The molecule has 1 atom stereocenters. The average Bonchev–Trinajstić information content (AvgIpc) is 2.08. The molecule has 0 radical (unpaired) electrons. The van der Waals surface area contributed by atoms with Crippen LogP contribution in [0.2, 0.25) is 0 Å².